The van der Waals surface area contributed by atoms with E-state index in [0.717, 1.165) is 33.4 Å². The summed E-state index contributed by atoms with van der Waals surface area (Å²) in [7, 11) is -1.21. The number of para-hydroxylation sites is 1. The van der Waals surface area contributed by atoms with E-state index in [0.29, 0.717) is 13.0 Å². The summed E-state index contributed by atoms with van der Waals surface area (Å²) in [6.45, 7) is 6.35. The minimum absolute atomic E-state index is 0.00525. The summed E-state index contributed by atoms with van der Waals surface area (Å²) >= 11 is 1.41. The van der Waals surface area contributed by atoms with E-state index in [4.69, 9.17) is 0 Å². The van der Waals surface area contributed by atoms with E-state index in [-0.39, 0.29) is 29.2 Å². The third-order valence-electron chi connectivity index (χ3n) is 6.16. The molecule has 176 valence electrons. The van der Waals surface area contributed by atoms with Crippen LogP contribution in [0.1, 0.15) is 35.0 Å². The predicted octanol–water partition coefficient (Wildman–Crippen LogP) is 3.10. The Balaban J connectivity index is 1.42. The summed E-state index contributed by atoms with van der Waals surface area (Å²) in [5.74, 6) is 0.605. The number of rotatable bonds is 7. The maximum atomic E-state index is 12.9. The van der Waals surface area contributed by atoms with Crippen LogP contribution in [-0.4, -0.2) is 62.9 Å². The second-order valence-electron chi connectivity index (χ2n) is 8.56. The van der Waals surface area contributed by atoms with Crippen molar-refractivity contribution in [1.29, 1.82) is 0 Å². The molecule has 3 heterocycles. The van der Waals surface area contributed by atoms with Crippen LogP contribution in [0, 0.1) is 20.8 Å². The number of hydrogen-bond donors (Lipinski definition) is 0. The molecule has 10 heteroatoms. The van der Waals surface area contributed by atoms with Crippen LogP contribution < -0.4 is 0 Å². The molecule has 33 heavy (non-hydrogen) atoms. The van der Waals surface area contributed by atoms with Crippen molar-refractivity contribution in [2.24, 2.45) is 0 Å². The Morgan fingerprint density at radius 2 is 2.00 bits per heavy atom. The lowest BCUT2D eigenvalue weighted by Gasteiger charge is -2.18. The average Bonchev–Trinajstić information content (AvgIpc) is 3.45. The van der Waals surface area contributed by atoms with Gasteiger partial charge in [0.2, 0.25) is 5.91 Å². The van der Waals surface area contributed by atoms with Gasteiger partial charge in [0, 0.05) is 37.2 Å². The second-order valence-corrected chi connectivity index (χ2v) is 11.7. The third-order valence-corrected chi connectivity index (χ3v) is 8.86. The van der Waals surface area contributed by atoms with Crippen LogP contribution in [0.25, 0.3) is 5.69 Å². The van der Waals surface area contributed by atoms with Gasteiger partial charge in [-0.2, -0.15) is 5.10 Å². The molecule has 4 rings (SSSR count). The summed E-state index contributed by atoms with van der Waals surface area (Å²) in [4.78, 5) is 19.0. The van der Waals surface area contributed by atoms with Crippen molar-refractivity contribution in [2.45, 2.75) is 44.9 Å². The molecular weight excluding hydrogens is 458 g/mol. The van der Waals surface area contributed by atoms with Gasteiger partial charge in [0.05, 0.1) is 34.7 Å². The van der Waals surface area contributed by atoms with Crippen LogP contribution in [-0.2, 0) is 21.2 Å². The standard InChI is InChI=1S/C23H29N5O3S2/c1-16-7-5-6-8-21(16)27-11-10-24-23(27)32-14-22(29)26(4)13-20-17(2)25-28(18(20)3)19-9-12-33(30,31)15-19/h5-8,10-11,19H,9,12-15H2,1-4H3/t19-/m0/s1. The fourth-order valence-corrected chi connectivity index (χ4v) is 6.82. The van der Waals surface area contributed by atoms with Gasteiger partial charge in [-0.15, -0.1) is 0 Å². The molecule has 0 N–H and O–H groups in total. The number of amides is 1. The molecule has 0 spiro atoms. The first-order valence-electron chi connectivity index (χ1n) is 10.9. The largest absolute Gasteiger partial charge is 0.341 e. The Labute approximate surface area is 198 Å². The maximum absolute atomic E-state index is 12.9. The van der Waals surface area contributed by atoms with Gasteiger partial charge in [0.15, 0.2) is 15.0 Å². The molecule has 1 amide bonds. The predicted molar refractivity (Wildman–Crippen MR) is 130 cm³/mol. The van der Waals surface area contributed by atoms with E-state index < -0.39 is 9.84 Å². The third kappa shape index (κ3) is 5.01. The van der Waals surface area contributed by atoms with Crippen LogP contribution in [0.3, 0.4) is 0 Å². The normalized spacial score (nSPS) is 17.4. The Hall–Kier alpha value is -2.59. The first-order chi connectivity index (χ1) is 15.7. The van der Waals surface area contributed by atoms with Crippen molar-refractivity contribution in [3.05, 3.63) is 59.2 Å². The Kier molecular flexibility index (Phi) is 6.67. The summed E-state index contributed by atoms with van der Waals surface area (Å²) < 4.78 is 27.6. The molecule has 3 aromatic rings. The highest BCUT2D eigenvalue weighted by molar-refractivity contribution is 7.99. The monoisotopic (exact) mass is 487 g/mol. The number of carbonyl (C=O) groups is 1. The topological polar surface area (TPSA) is 90.1 Å². The van der Waals surface area contributed by atoms with E-state index in [9.17, 15) is 13.2 Å². The zero-order chi connectivity index (χ0) is 23.8. The molecule has 1 aromatic carbocycles. The molecule has 0 unspecified atom stereocenters. The van der Waals surface area contributed by atoms with Crippen molar-refractivity contribution >= 4 is 27.5 Å². The number of aryl methyl sites for hydroxylation is 2. The van der Waals surface area contributed by atoms with Crippen molar-refractivity contribution < 1.29 is 13.2 Å². The molecule has 0 bridgehead atoms. The van der Waals surface area contributed by atoms with E-state index in [1.54, 1.807) is 18.1 Å². The van der Waals surface area contributed by atoms with Gasteiger partial charge in [0.25, 0.3) is 0 Å². The van der Waals surface area contributed by atoms with Crippen LogP contribution in [0.2, 0.25) is 0 Å². The SMILES string of the molecule is Cc1ccccc1-n1ccnc1SCC(=O)N(C)Cc1c(C)nn([C@H]2CCS(=O)(=O)C2)c1C. The number of imidazole rings is 1. The van der Waals surface area contributed by atoms with Crippen LogP contribution in [0.4, 0.5) is 0 Å². The smallest absolute Gasteiger partial charge is 0.233 e. The number of carbonyl (C=O) groups excluding carboxylic acids is 1. The first-order valence-corrected chi connectivity index (χ1v) is 13.7. The van der Waals surface area contributed by atoms with Crippen LogP contribution in [0.15, 0.2) is 41.8 Å². The fourth-order valence-electron chi connectivity index (χ4n) is 4.23. The van der Waals surface area contributed by atoms with Gasteiger partial charge in [-0.25, -0.2) is 13.4 Å². The number of sulfone groups is 1. The summed E-state index contributed by atoms with van der Waals surface area (Å²) in [6.07, 6.45) is 4.24. The van der Waals surface area contributed by atoms with Crippen molar-refractivity contribution in [3.8, 4) is 5.69 Å². The van der Waals surface area contributed by atoms with Crippen LogP contribution in [0.5, 0.6) is 0 Å². The quantitative estimate of drug-likeness (QED) is 0.476. The van der Waals surface area contributed by atoms with E-state index in [1.165, 1.54) is 11.8 Å². The Morgan fingerprint density at radius 1 is 1.24 bits per heavy atom. The highest BCUT2D eigenvalue weighted by atomic mass is 32.2. The Morgan fingerprint density at radius 3 is 2.70 bits per heavy atom. The lowest BCUT2D eigenvalue weighted by atomic mass is 10.1. The minimum Gasteiger partial charge on any atom is -0.341 e. The number of benzene rings is 1. The minimum atomic E-state index is -2.99. The molecule has 2 aromatic heterocycles. The van der Waals surface area contributed by atoms with Gasteiger partial charge in [-0.05, 0) is 38.8 Å². The summed E-state index contributed by atoms with van der Waals surface area (Å²) in [5.41, 5.74) is 4.92. The number of nitrogens with zero attached hydrogens (tertiary/aromatic N) is 5. The molecule has 0 aliphatic carbocycles. The van der Waals surface area contributed by atoms with Gasteiger partial charge in [0.1, 0.15) is 0 Å². The molecule has 1 aliphatic heterocycles. The van der Waals surface area contributed by atoms with Crippen molar-refractivity contribution in [3.63, 3.8) is 0 Å². The van der Waals surface area contributed by atoms with E-state index in [1.807, 2.05) is 47.5 Å². The zero-order valence-electron chi connectivity index (χ0n) is 19.4. The fraction of sp³-hybridized carbons (Fsp3) is 0.435. The molecule has 1 fully saturated rings. The van der Waals surface area contributed by atoms with E-state index in [2.05, 4.69) is 23.1 Å². The van der Waals surface area contributed by atoms with E-state index >= 15 is 0 Å². The zero-order valence-corrected chi connectivity index (χ0v) is 21.0. The maximum Gasteiger partial charge on any atom is 0.233 e. The summed E-state index contributed by atoms with van der Waals surface area (Å²) in [6, 6.07) is 7.95. The van der Waals surface area contributed by atoms with Gasteiger partial charge < -0.3 is 4.90 Å². The van der Waals surface area contributed by atoms with Gasteiger partial charge in [-0.3, -0.25) is 14.0 Å². The summed E-state index contributed by atoms with van der Waals surface area (Å²) in [5, 5.41) is 5.38. The first kappa shape index (κ1) is 23.6. The molecular formula is C23H29N5O3S2. The van der Waals surface area contributed by atoms with Crippen molar-refractivity contribution in [2.75, 3.05) is 24.3 Å². The van der Waals surface area contributed by atoms with Crippen LogP contribution >= 0.6 is 11.8 Å². The molecule has 1 saturated heterocycles. The Bertz CT molecular complexity index is 1280. The molecule has 8 nitrogen and oxygen atoms in total. The highest BCUT2D eigenvalue weighted by Crippen LogP contribution is 2.28. The number of aromatic nitrogens is 4. The second kappa shape index (κ2) is 9.34. The van der Waals surface area contributed by atoms with Crippen molar-refractivity contribution in [1.82, 2.24) is 24.2 Å². The average molecular weight is 488 g/mol. The molecule has 1 aliphatic rings. The highest BCUT2D eigenvalue weighted by Gasteiger charge is 2.31. The van der Waals surface area contributed by atoms with Gasteiger partial charge in [-0.1, -0.05) is 30.0 Å². The number of thioether (sulfide) groups is 1. The molecule has 0 radical (unpaired) electrons. The number of hydrogen-bond acceptors (Lipinski definition) is 6. The lowest BCUT2D eigenvalue weighted by Crippen LogP contribution is -2.28. The lowest BCUT2D eigenvalue weighted by molar-refractivity contribution is -0.127. The molecule has 1 atom stereocenters. The molecule has 0 saturated carbocycles. The van der Waals surface area contributed by atoms with Gasteiger partial charge >= 0.3 is 0 Å².